The lowest BCUT2D eigenvalue weighted by molar-refractivity contribution is -0.222. The normalized spacial score (nSPS) is 20.8. The molecule has 0 aromatic rings. The van der Waals surface area contributed by atoms with Gasteiger partial charge in [0.2, 0.25) is 0 Å². The summed E-state index contributed by atoms with van der Waals surface area (Å²) in [6.07, 6.45) is 4.47. The standard InChI is InChI=1S/C10H20O3/c1-3-12-8-9-13-10(11-2)6-4-5-7-10/h3-9H2,1-2H3. The Kier molecular flexibility index (Phi) is 4.70. The van der Waals surface area contributed by atoms with Crippen LogP contribution in [0.15, 0.2) is 0 Å². The minimum Gasteiger partial charge on any atom is -0.379 e. The second kappa shape index (κ2) is 5.58. The van der Waals surface area contributed by atoms with Crippen molar-refractivity contribution in [2.45, 2.75) is 38.4 Å². The molecule has 0 aromatic carbocycles. The van der Waals surface area contributed by atoms with E-state index in [4.69, 9.17) is 14.2 Å². The van der Waals surface area contributed by atoms with E-state index in [0.717, 1.165) is 19.4 Å². The number of ether oxygens (including phenoxy) is 3. The predicted octanol–water partition coefficient (Wildman–Crippen LogP) is 1.96. The Hall–Kier alpha value is -0.120. The van der Waals surface area contributed by atoms with E-state index >= 15 is 0 Å². The first-order chi connectivity index (χ1) is 6.33. The van der Waals surface area contributed by atoms with Crippen LogP contribution < -0.4 is 0 Å². The summed E-state index contributed by atoms with van der Waals surface area (Å²) in [6.45, 7) is 4.05. The molecular formula is C10H20O3. The van der Waals surface area contributed by atoms with E-state index in [-0.39, 0.29) is 5.79 Å². The average molecular weight is 188 g/mol. The van der Waals surface area contributed by atoms with Crippen LogP contribution in [0, 0.1) is 0 Å². The lowest BCUT2D eigenvalue weighted by Gasteiger charge is -2.27. The number of rotatable bonds is 6. The summed E-state index contributed by atoms with van der Waals surface area (Å²) in [5.74, 6) is -0.295. The first-order valence-corrected chi connectivity index (χ1v) is 5.10. The Labute approximate surface area is 80.4 Å². The molecule has 0 atom stereocenters. The fraction of sp³-hybridized carbons (Fsp3) is 1.00. The third-order valence-corrected chi connectivity index (χ3v) is 2.53. The summed E-state index contributed by atoms with van der Waals surface area (Å²) < 4.78 is 16.3. The minimum atomic E-state index is -0.295. The van der Waals surface area contributed by atoms with E-state index in [1.165, 1.54) is 12.8 Å². The highest BCUT2D eigenvalue weighted by atomic mass is 16.7. The van der Waals surface area contributed by atoms with Gasteiger partial charge < -0.3 is 14.2 Å². The second-order valence-corrected chi connectivity index (χ2v) is 3.37. The van der Waals surface area contributed by atoms with Gasteiger partial charge in [0, 0.05) is 26.6 Å². The van der Waals surface area contributed by atoms with Crippen molar-refractivity contribution in [1.29, 1.82) is 0 Å². The highest BCUT2D eigenvalue weighted by Gasteiger charge is 2.34. The van der Waals surface area contributed by atoms with Crippen molar-refractivity contribution < 1.29 is 14.2 Å². The summed E-state index contributed by atoms with van der Waals surface area (Å²) in [4.78, 5) is 0. The molecule has 0 unspecified atom stereocenters. The monoisotopic (exact) mass is 188 g/mol. The van der Waals surface area contributed by atoms with Gasteiger partial charge in [-0.15, -0.1) is 0 Å². The van der Waals surface area contributed by atoms with Gasteiger partial charge in [0.25, 0.3) is 0 Å². The topological polar surface area (TPSA) is 27.7 Å². The molecular weight excluding hydrogens is 168 g/mol. The Morgan fingerprint density at radius 3 is 2.38 bits per heavy atom. The van der Waals surface area contributed by atoms with Crippen LogP contribution in [0.3, 0.4) is 0 Å². The van der Waals surface area contributed by atoms with Crippen molar-refractivity contribution in [3.63, 3.8) is 0 Å². The van der Waals surface area contributed by atoms with Crippen molar-refractivity contribution >= 4 is 0 Å². The molecule has 0 bridgehead atoms. The van der Waals surface area contributed by atoms with Crippen molar-refractivity contribution in [2.24, 2.45) is 0 Å². The van der Waals surface area contributed by atoms with Gasteiger partial charge in [-0.05, 0) is 19.8 Å². The third kappa shape index (κ3) is 3.25. The molecule has 0 radical (unpaired) electrons. The smallest absolute Gasteiger partial charge is 0.168 e. The molecule has 0 heterocycles. The lowest BCUT2D eigenvalue weighted by atomic mass is 10.2. The van der Waals surface area contributed by atoms with Crippen LogP contribution in [-0.4, -0.2) is 32.7 Å². The zero-order chi connectivity index (χ0) is 9.57. The fourth-order valence-electron chi connectivity index (χ4n) is 1.75. The first kappa shape index (κ1) is 11.0. The molecule has 1 fully saturated rings. The molecule has 1 aliphatic carbocycles. The molecule has 0 amide bonds. The van der Waals surface area contributed by atoms with Gasteiger partial charge in [-0.25, -0.2) is 0 Å². The predicted molar refractivity (Wildman–Crippen MR) is 50.7 cm³/mol. The van der Waals surface area contributed by atoms with E-state index < -0.39 is 0 Å². The molecule has 1 saturated carbocycles. The molecule has 0 aromatic heterocycles. The number of hydrogen-bond acceptors (Lipinski definition) is 3. The Bertz CT molecular complexity index is 130. The zero-order valence-electron chi connectivity index (χ0n) is 8.67. The second-order valence-electron chi connectivity index (χ2n) is 3.37. The van der Waals surface area contributed by atoms with E-state index in [2.05, 4.69) is 0 Å². The molecule has 1 rings (SSSR count). The summed E-state index contributed by atoms with van der Waals surface area (Å²) >= 11 is 0. The molecule has 0 spiro atoms. The van der Waals surface area contributed by atoms with Crippen molar-refractivity contribution in [2.75, 3.05) is 26.9 Å². The maximum absolute atomic E-state index is 5.69. The largest absolute Gasteiger partial charge is 0.379 e. The van der Waals surface area contributed by atoms with Crippen molar-refractivity contribution in [3.8, 4) is 0 Å². The molecule has 3 nitrogen and oxygen atoms in total. The van der Waals surface area contributed by atoms with E-state index in [9.17, 15) is 0 Å². The SMILES string of the molecule is CCOCCOC1(OC)CCCC1. The molecule has 1 aliphatic rings. The Balaban J connectivity index is 2.16. The molecule has 13 heavy (non-hydrogen) atoms. The summed E-state index contributed by atoms with van der Waals surface area (Å²) in [7, 11) is 1.73. The lowest BCUT2D eigenvalue weighted by Crippen LogP contribution is -2.32. The third-order valence-electron chi connectivity index (χ3n) is 2.53. The van der Waals surface area contributed by atoms with Gasteiger partial charge in [-0.3, -0.25) is 0 Å². The number of hydrogen-bond donors (Lipinski definition) is 0. The quantitative estimate of drug-likeness (QED) is 0.471. The van der Waals surface area contributed by atoms with Crippen LogP contribution in [0.1, 0.15) is 32.6 Å². The maximum atomic E-state index is 5.69. The van der Waals surface area contributed by atoms with Crippen LogP contribution in [0.5, 0.6) is 0 Å². The van der Waals surface area contributed by atoms with Gasteiger partial charge in [-0.1, -0.05) is 0 Å². The maximum Gasteiger partial charge on any atom is 0.168 e. The van der Waals surface area contributed by atoms with Crippen LogP contribution in [0.25, 0.3) is 0 Å². The molecule has 3 heteroatoms. The summed E-state index contributed by atoms with van der Waals surface area (Å²) in [6, 6.07) is 0. The van der Waals surface area contributed by atoms with E-state index in [1.807, 2.05) is 6.92 Å². The minimum absolute atomic E-state index is 0.295. The highest BCUT2D eigenvalue weighted by molar-refractivity contribution is 4.76. The fourth-order valence-corrected chi connectivity index (χ4v) is 1.75. The zero-order valence-corrected chi connectivity index (χ0v) is 8.67. The van der Waals surface area contributed by atoms with E-state index in [1.54, 1.807) is 7.11 Å². The van der Waals surface area contributed by atoms with Gasteiger partial charge >= 0.3 is 0 Å². The van der Waals surface area contributed by atoms with Crippen molar-refractivity contribution in [1.82, 2.24) is 0 Å². The van der Waals surface area contributed by atoms with E-state index in [0.29, 0.717) is 13.2 Å². The van der Waals surface area contributed by atoms with Gasteiger partial charge in [0.05, 0.1) is 13.2 Å². The van der Waals surface area contributed by atoms with Crippen molar-refractivity contribution in [3.05, 3.63) is 0 Å². The highest BCUT2D eigenvalue weighted by Crippen LogP contribution is 2.33. The summed E-state index contributed by atoms with van der Waals surface area (Å²) in [5.41, 5.74) is 0. The molecule has 0 saturated heterocycles. The Morgan fingerprint density at radius 1 is 1.15 bits per heavy atom. The first-order valence-electron chi connectivity index (χ1n) is 5.10. The van der Waals surface area contributed by atoms with Gasteiger partial charge in [-0.2, -0.15) is 0 Å². The van der Waals surface area contributed by atoms with Crippen LogP contribution in [0.2, 0.25) is 0 Å². The number of methoxy groups -OCH3 is 1. The van der Waals surface area contributed by atoms with Crippen LogP contribution >= 0.6 is 0 Å². The molecule has 0 aliphatic heterocycles. The van der Waals surface area contributed by atoms with Gasteiger partial charge in [0.1, 0.15) is 0 Å². The summed E-state index contributed by atoms with van der Waals surface area (Å²) in [5, 5.41) is 0. The van der Waals surface area contributed by atoms with Crippen LogP contribution in [0.4, 0.5) is 0 Å². The van der Waals surface area contributed by atoms with Gasteiger partial charge in [0.15, 0.2) is 5.79 Å². The van der Waals surface area contributed by atoms with Crippen LogP contribution in [-0.2, 0) is 14.2 Å². The Morgan fingerprint density at radius 2 is 1.85 bits per heavy atom. The average Bonchev–Trinajstić information content (AvgIpc) is 2.62. The molecule has 78 valence electrons. The molecule has 0 N–H and O–H groups in total.